The van der Waals surface area contributed by atoms with Crippen molar-refractivity contribution in [3.8, 4) is 17.0 Å². The molecule has 1 N–H and O–H groups in total. The van der Waals surface area contributed by atoms with Gasteiger partial charge in [0.05, 0.1) is 35.6 Å². The van der Waals surface area contributed by atoms with Crippen molar-refractivity contribution in [3.63, 3.8) is 0 Å². The summed E-state index contributed by atoms with van der Waals surface area (Å²) in [6, 6.07) is 5.24. The molecular weight excluding hydrogens is 371 g/mol. The Morgan fingerprint density at radius 3 is 2.64 bits per heavy atom. The fourth-order valence-corrected chi connectivity index (χ4v) is 4.08. The van der Waals surface area contributed by atoms with Crippen molar-refractivity contribution in [1.29, 1.82) is 0 Å². The molecule has 3 heterocycles. The second-order valence-corrected chi connectivity index (χ2v) is 7.50. The van der Waals surface area contributed by atoms with E-state index in [-0.39, 0.29) is 5.56 Å². The summed E-state index contributed by atoms with van der Waals surface area (Å²) in [5, 5.41) is 15.5. The minimum atomic E-state index is -4.51. The third-order valence-corrected chi connectivity index (χ3v) is 5.63. The number of hydrogen-bond acceptors (Lipinski definition) is 4. The summed E-state index contributed by atoms with van der Waals surface area (Å²) in [4.78, 5) is 4.46. The standard InChI is InChI=1S/C20H16F3N3O2/c1-10-4-12(20(21,22)23)5-17(27)18(10)16-3-2-11-6-26(25-19(11)24-16)7-13-14-8-28-9-15(13)14/h2-7,13-15H,8-9H2,1H3/p+1/b26-7-/t13?,14-,15+. The van der Waals surface area contributed by atoms with E-state index in [1.54, 1.807) is 10.8 Å². The molecule has 3 atom stereocenters. The molecule has 1 saturated heterocycles. The second-order valence-electron chi connectivity index (χ2n) is 7.50. The Bertz CT molecular complexity index is 1110. The van der Waals surface area contributed by atoms with Crippen molar-refractivity contribution < 1.29 is 27.7 Å². The van der Waals surface area contributed by atoms with Gasteiger partial charge < -0.3 is 9.84 Å². The SMILES string of the molecule is Cc1cc(C(F)(F)F)cc(O)c1-c1ccc2c(n1)=N/[N+](=C\C1[C@H]3COC[C@@H]13)C=2. The summed E-state index contributed by atoms with van der Waals surface area (Å²) in [7, 11) is 0. The number of nitrogens with zero attached hydrogens (tertiary/aromatic N) is 3. The maximum atomic E-state index is 12.9. The lowest BCUT2D eigenvalue weighted by Gasteiger charge is -2.12. The molecule has 2 fully saturated rings. The summed E-state index contributed by atoms with van der Waals surface area (Å²) in [5.41, 5.74) is 0.566. The van der Waals surface area contributed by atoms with Crippen LogP contribution >= 0.6 is 0 Å². The predicted octanol–water partition coefficient (Wildman–Crippen LogP) is 2.04. The average Bonchev–Trinajstić information content (AvgIpc) is 2.99. The van der Waals surface area contributed by atoms with Crippen molar-refractivity contribution in [2.75, 3.05) is 13.2 Å². The number of ether oxygens (including phenoxy) is 1. The molecule has 1 aromatic carbocycles. The molecule has 0 spiro atoms. The van der Waals surface area contributed by atoms with Crippen molar-refractivity contribution in [2.24, 2.45) is 22.9 Å². The van der Waals surface area contributed by atoms with Crippen LogP contribution in [0.3, 0.4) is 0 Å². The number of aromatic hydroxyl groups is 1. The molecule has 1 unspecified atom stereocenters. The average molecular weight is 388 g/mol. The smallest absolute Gasteiger partial charge is 0.416 e. The van der Waals surface area contributed by atoms with Gasteiger partial charge >= 0.3 is 6.18 Å². The first-order valence-corrected chi connectivity index (χ1v) is 9.01. The number of rotatable bonds is 2. The Morgan fingerprint density at radius 2 is 1.96 bits per heavy atom. The van der Waals surface area contributed by atoms with E-state index in [1.807, 2.05) is 12.3 Å². The van der Waals surface area contributed by atoms with Crippen LogP contribution < -0.4 is 10.7 Å². The minimum absolute atomic E-state index is 0.280. The quantitative estimate of drug-likeness (QED) is 0.802. The highest BCUT2D eigenvalue weighted by Crippen LogP contribution is 2.49. The molecule has 2 aromatic rings. The molecular formula is C20H17F3N3O2+. The zero-order valence-electron chi connectivity index (χ0n) is 14.9. The molecule has 144 valence electrons. The van der Waals surface area contributed by atoms with E-state index in [2.05, 4.69) is 16.3 Å². The zero-order valence-corrected chi connectivity index (χ0v) is 14.9. The van der Waals surface area contributed by atoms with Gasteiger partial charge in [-0.1, -0.05) is 4.68 Å². The van der Waals surface area contributed by atoms with Gasteiger partial charge in [0, 0.05) is 22.5 Å². The highest BCUT2D eigenvalue weighted by Gasteiger charge is 2.55. The van der Waals surface area contributed by atoms with Crippen molar-refractivity contribution in [1.82, 2.24) is 4.98 Å². The molecule has 5 rings (SSSR count). The van der Waals surface area contributed by atoms with Gasteiger partial charge in [-0.2, -0.15) is 13.2 Å². The van der Waals surface area contributed by atoms with Gasteiger partial charge in [-0.05, 0) is 36.8 Å². The maximum absolute atomic E-state index is 12.9. The Kier molecular flexibility index (Phi) is 3.64. The van der Waals surface area contributed by atoms with E-state index in [0.29, 0.717) is 34.5 Å². The summed E-state index contributed by atoms with van der Waals surface area (Å²) in [6.45, 7) is 3.11. The number of phenolic OH excluding ortho intramolecular Hbond substituents is 1. The number of fused-ring (bicyclic) bond motifs is 2. The fourth-order valence-electron chi connectivity index (χ4n) is 4.08. The molecule has 28 heavy (non-hydrogen) atoms. The Balaban J connectivity index is 1.51. The summed E-state index contributed by atoms with van der Waals surface area (Å²) >= 11 is 0. The molecule has 1 aromatic heterocycles. The zero-order chi connectivity index (χ0) is 19.6. The van der Waals surface area contributed by atoms with Crippen LogP contribution in [0.1, 0.15) is 11.1 Å². The molecule has 2 aliphatic heterocycles. The van der Waals surface area contributed by atoms with Crippen LogP contribution in [-0.4, -0.2) is 34.2 Å². The molecule has 1 saturated carbocycles. The number of alkyl halides is 3. The van der Waals surface area contributed by atoms with Crippen LogP contribution in [0.25, 0.3) is 17.5 Å². The largest absolute Gasteiger partial charge is 0.507 e. The predicted molar refractivity (Wildman–Crippen MR) is 93.9 cm³/mol. The molecule has 0 radical (unpaired) electrons. The van der Waals surface area contributed by atoms with Gasteiger partial charge in [0.25, 0.3) is 0 Å². The monoisotopic (exact) mass is 388 g/mol. The second kappa shape index (κ2) is 5.88. The van der Waals surface area contributed by atoms with E-state index in [1.165, 1.54) is 6.92 Å². The van der Waals surface area contributed by atoms with Crippen LogP contribution in [0.15, 0.2) is 29.4 Å². The van der Waals surface area contributed by atoms with Crippen molar-refractivity contribution >= 4 is 12.4 Å². The van der Waals surface area contributed by atoms with E-state index in [9.17, 15) is 18.3 Å². The highest BCUT2D eigenvalue weighted by atomic mass is 19.4. The van der Waals surface area contributed by atoms with Gasteiger partial charge in [0.1, 0.15) is 5.75 Å². The highest BCUT2D eigenvalue weighted by molar-refractivity contribution is 5.71. The molecule has 8 heteroatoms. The van der Waals surface area contributed by atoms with Crippen LogP contribution in [0.4, 0.5) is 13.2 Å². The van der Waals surface area contributed by atoms with Gasteiger partial charge in [0.2, 0.25) is 11.7 Å². The summed E-state index contributed by atoms with van der Waals surface area (Å²) < 4.78 is 46.0. The Hall–Kier alpha value is -2.74. The topological polar surface area (TPSA) is 57.7 Å². The van der Waals surface area contributed by atoms with Crippen LogP contribution in [-0.2, 0) is 10.9 Å². The van der Waals surface area contributed by atoms with Gasteiger partial charge in [0.15, 0.2) is 6.21 Å². The number of hydrogen-bond donors (Lipinski definition) is 1. The van der Waals surface area contributed by atoms with Crippen LogP contribution in [0.2, 0.25) is 0 Å². The number of aromatic nitrogens is 1. The first-order valence-electron chi connectivity index (χ1n) is 9.01. The fraction of sp³-hybridized carbons (Fsp3) is 0.350. The number of aryl methyl sites for hydroxylation is 1. The third kappa shape index (κ3) is 2.79. The third-order valence-electron chi connectivity index (χ3n) is 5.63. The number of halogens is 3. The molecule has 0 amide bonds. The Morgan fingerprint density at radius 1 is 1.21 bits per heavy atom. The van der Waals surface area contributed by atoms with Crippen molar-refractivity contribution in [2.45, 2.75) is 13.1 Å². The molecule has 5 nitrogen and oxygen atoms in total. The maximum Gasteiger partial charge on any atom is 0.416 e. The molecule has 0 bridgehead atoms. The van der Waals surface area contributed by atoms with E-state index < -0.39 is 17.5 Å². The number of phenols is 1. The summed E-state index contributed by atoms with van der Waals surface area (Å²) in [6.07, 6.45) is -0.570. The van der Waals surface area contributed by atoms with E-state index >= 15 is 0 Å². The lowest BCUT2D eigenvalue weighted by Crippen LogP contribution is -2.25. The molecule has 1 aliphatic carbocycles. The van der Waals surface area contributed by atoms with Crippen LogP contribution in [0.5, 0.6) is 5.75 Å². The first-order chi connectivity index (χ1) is 13.3. The first kappa shape index (κ1) is 17.4. The van der Waals surface area contributed by atoms with Gasteiger partial charge in [-0.15, -0.1) is 0 Å². The minimum Gasteiger partial charge on any atom is -0.507 e. The Labute approximate surface area is 158 Å². The number of benzene rings is 1. The summed E-state index contributed by atoms with van der Waals surface area (Å²) in [5.74, 6) is 1.16. The lowest BCUT2D eigenvalue weighted by atomic mass is 10.0. The van der Waals surface area contributed by atoms with Gasteiger partial charge in [-0.25, -0.2) is 4.98 Å². The van der Waals surface area contributed by atoms with E-state index in [0.717, 1.165) is 30.6 Å². The van der Waals surface area contributed by atoms with Crippen LogP contribution in [0, 0.1) is 24.7 Å². The lowest BCUT2D eigenvalue weighted by molar-refractivity contribution is -0.424. The van der Waals surface area contributed by atoms with E-state index in [4.69, 9.17) is 4.74 Å². The van der Waals surface area contributed by atoms with Crippen molar-refractivity contribution in [3.05, 3.63) is 46.1 Å². The number of pyridine rings is 1. The van der Waals surface area contributed by atoms with Gasteiger partial charge in [-0.3, -0.25) is 0 Å². The molecule has 3 aliphatic rings. The normalized spacial score (nSPS) is 26.6.